The van der Waals surface area contributed by atoms with Crippen molar-refractivity contribution in [3.63, 3.8) is 0 Å². The molecule has 0 aliphatic rings. The molecule has 1 aromatic carbocycles. The molecule has 0 radical (unpaired) electrons. The van der Waals surface area contributed by atoms with E-state index >= 15 is 0 Å². The number of aryl methyl sites for hydroxylation is 1. The number of rotatable bonds is 6. The predicted octanol–water partition coefficient (Wildman–Crippen LogP) is 3.21. The largest absolute Gasteiger partial charge is 0.338 e. The first-order valence-electron chi connectivity index (χ1n) is 7.17. The van der Waals surface area contributed by atoms with E-state index in [1.54, 1.807) is 6.92 Å². The van der Waals surface area contributed by atoms with E-state index in [9.17, 15) is 18.8 Å². The maximum absolute atomic E-state index is 13.2. The number of benzene rings is 1. The van der Waals surface area contributed by atoms with Crippen LogP contribution in [0.15, 0.2) is 24.3 Å². The second-order valence-electron chi connectivity index (χ2n) is 5.14. The second-order valence-corrected chi connectivity index (χ2v) is 6.81. The Labute approximate surface area is 153 Å². The highest BCUT2D eigenvalue weighted by Crippen LogP contribution is 2.24. The lowest BCUT2D eigenvalue weighted by Crippen LogP contribution is -2.30. The fraction of sp³-hybridized carbons (Fsp3) is 0.167. The number of amides is 1. The Kier molecular flexibility index (Phi) is 6.07. The zero-order chi connectivity index (χ0) is 18.6. The number of ketones is 2. The lowest BCUT2D eigenvalue weighted by atomic mass is 10.0. The fourth-order valence-corrected chi connectivity index (χ4v) is 3.30. The first-order chi connectivity index (χ1) is 11.8. The van der Waals surface area contributed by atoms with Gasteiger partial charge >= 0.3 is 0 Å². The minimum atomic E-state index is -0.816. The van der Waals surface area contributed by atoms with Gasteiger partial charge in [0.1, 0.15) is 5.82 Å². The van der Waals surface area contributed by atoms with E-state index in [-0.39, 0.29) is 28.6 Å². The Balaban J connectivity index is 2.17. The van der Waals surface area contributed by atoms with Crippen LogP contribution in [0.2, 0.25) is 5.02 Å². The first kappa shape index (κ1) is 18.8. The molecule has 2 aromatic rings. The molecule has 0 atom stereocenters. The molecule has 2 rings (SSSR count). The smallest absolute Gasteiger partial charge is 0.294 e. The summed E-state index contributed by atoms with van der Waals surface area (Å²) in [4.78, 5) is 36.9. The van der Waals surface area contributed by atoms with Gasteiger partial charge in [0.05, 0.1) is 16.4 Å². The van der Waals surface area contributed by atoms with Crippen LogP contribution in [0.4, 0.5) is 4.39 Å². The second kappa shape index (κ2) is 8.06. The van der Waals surface area contributed by atoms with Crippen LogP contribution in [0.5, 0.6) is 0 Å². The molecule has 25 heavy (non-hydrogen) atoms. The summed E-state index contributed by atoms with van der Waals surface area (Å²) in [5, 5.41) is 2.23. The average molecular weight is 378 g/mol. The van der Waals surface area contributed by atoms with Crippen LogP contribution < -0.4 is 5.32 Å². The van der Waals surface area contributed by atoms with E-state index in [2.05, 4.69) is 11.2 Å². The summed E-state index contributed by atoms with van der Waals surface area (Å²) in [6, 6.07) is 5.44. The number of terminal acetylenes is 1. The Bertz CT molecular complexity index is 898. The summed E-state index contributed by atoms with van der Waals surface area (Å²) < 4.78 is 13.2. The van der Waals surface area contributed by atoms with Gasteiger partial charge in [-0.15, -0.1) is 17.8 Å². The number of thiophene rings is 1. The minimum absolute atomic E-state index is 0.00843. The quantitative estimate of drug-likeness (QED) is 0.477. The monoisotopic (exact) mass is 377 g/mol. The van der Waals surface area contributed by atoms with Crippen molar-refractivity contribution in [2.24, 2.45) is 0 Å². The van der Waals surface area contributed by atoms with Gasteiger partial charge in [0, 0.05) is 16.9 Å². The molecule has 4 nitrogen and oxygen atoms in total. The summed E-state index contributed by atoms with van der Waals surface area (Å²) in [5.41, 5.74) is 0.903. The van der Waals surface area contributed by atoms with Crippen LogP contribution >= 0.6 is 22.9 Å². The first-order valence-corrected chi connectivity index (χ1v) is 8.36. The van der Waals surface area contributed by atoms with Gasteiger partial charge in [-0.05, 0) is 30.7 Å². The predicted molar refractivity (Wildman–Crippen MR) is 94.7 cm³/mol. The highest BCUT2D eigenvalue weighted by Gasteiger charge is 2.22. The van der Waals surface area contributed by atoms with Crippen molar-refractivity contribution in [2.45, 2.75) is 13.3 Å². The summed E-state index contributed by atoms with van der Waals surface area (Å²) in [5.74, 6) is -0.167. The number of nitrogens with one attached hydrogen (secondary N) is 1. The molecule has 1 amide bonds. The van der Waals surface area contributed by atoms with Crippen molar-refractivity contribution in [1.29, 1.82) is 0 Å². The number of carbonyl (C=O) groups is 3. The fourth-order valence-electron chi connectivity index (χ4n) is 2.12. The molecule has 0 unspecified atom stereocenters. The average Bonchev–Trinajstić information content (AvgIpc) is 2.97. The minimum Gasteiger partial charge on any atom is -0.338 e. The summed E-state index contributed by atoms with van der Waals surface area (Å²) >= 11 is 6.77. The van der Waals surface area contributed by atoms with Gasteiger partial charge in [0.25, 0.3) is 11.7 Å². The van der Waals surface area contributed by atoms with Gasteiger partial charge in [-0.1, -0.05) is 23.6 Å². The highest BCUT2D eigenvalue weighted by atomic mass is 35.5. The van der Waals surface area contributed by atoms with E-state index in [1.165, 1.54) is 24.3 Å². The molecule has 0 saturated heterocycles. The molecule has 0 bridgehead atoms. The van der Waals surface area contributed by atoms with E-state index in [0.717, 1.165) is 11.3 Å². The van der Waals surface area contributed by atoms with Crippen LogP contribution in [0.1, 0.15) is 30.5 Å². The van der Waals surface area contributed by atoms with E-state index in [1.807, 2.05) is 0 Å². The van der Waals surface area contributed by atoms with Crippen LogP contribution in [0.25, 0.3) is 0 Å². The normalized spacial score (nSPS) is 10.2. The van der Waals surface area contributed by atoms with E-state index in [0.29, 0.717) is 16.0 Å². The molecule has 0 saturated carbocycles. The molecule has 1 aromatic heterocycles. The molecular formula is C18H13ClFNO3S. The van der Waals surface area contributed by atoms with Crippen molar-refractivity contribution in [3.05, 3.63) is 56.0 Å². The Morgan fingerprint density at radius 2 is 2.04 bits per heavy atom. The molecular weight excluding hydrogens is 365 g/mol. The third kappa shape index (κ3) is 4.53. The zero-order valence-electron chi connectivity index (χ0n) is 13.2. The zero-order valence-corrected chi connectivity index (χ0v) is 14.8. The van der Waals surface area contributed by atoms with Crippen LogP contribution in [-0.2, 0) is 11.2 Å². The number of Topliss-reactive ketones (excluding diaryl/α,β-unsaturated/α-hetero) is 2. The lowest BCUT2D eigenvalue weighted by Gasteiger charge is -2.02. The van der Waals surface area contributed by atoms with Crippen LogP contribution in [-0.4, -0.2) is 24.0 Å². The van der Waals surface area contributed by atoms with Gasteiger partial charge in [0.15, 0.2) is 5.78 Å². The number of hydrogen-bond acceptors (Lipinski definition) is 4. The van der Waals surface area contributed by atoms with Crippen molar-refractivity contribution in [2.75, 3.05) is 6.54 Å². The van der Waals surface area contributed by atoms with Crippen molar-refractivity contribution >= 4 is 40.4 Å². The number of carbonyl (C=O) groups excluding carboxylic acids is 3. The van der Waals surface area contributed by atoms with Crippen molar-refractivity contribution in [1.82, 2.24) is 5.32 Å². The Morgan fingerprint density at radius 1 is 1.32 bits per heavy atom. The molecule has 7 heteroatoms. The molecule has 1 N–H and O–H groups in total. The SMILES string of the molecule is C#CCNC(=O)C(=O)c1cc(C(=O)Cc2ccc(F)c(Cl)c2)c(C)s1. The highest BCUT2D eigenvalue weighted by molar-refractivity contribution is 7.15. The standard InChI is InChI=1S/C18H13ClFNO3S/c1-3-6-21-18(24)17(23)16-9-12(10(2)25-16)15(22)8-11-4-5-14(20)13(19)7-11/h1,4-5,7,9H,6,8H2,2H3,(H,21,24). The van der Waals surface area contributed by atoms with Gasteiger partial charge < -0.3 is 5.32 Å². The molecule has 0 aliphatic heterocycles. The van der Waals surface area contributed by atoms with Gasteiger partial charge in [-0.25, -0.2) is 4.39 Å². The van der Waals surface area contributed by atoms with Crippen molar-refractivity contribution in [3.8, 4) is 12.3 Å². The molecule has 0 spiro atoms. The lowest BCUT2D eigenvalue weighted by molar-refractivity contribution is -0.116. The summed E-state index contributed by atoms with van der Waals surface area (Å²) in [6.45, 7) is 1.64. The third-order valence-electron chi connectivity index (χ3n) is 3.35. The van der Waals surface area contributed by atoms with E-state index in [4.69, 9.17) is 18.0 Å². The van der Waals surface area contributed by atoms with Crippen molar-refractivity contribution < 1.29 is 18.8 Å². The molecule has 1 heterocycles. The van der Waals surface area contributed by atoms with Crippen LogP contribution in [0, 0.1) is 25.1 Å². The van der Waals surface area contributed by atoms with E-state index < -0.39 is 17.5 Å². The summed E-state index contributed by atoms with van der Waals surface area (Å²) in [7, 11) is 0. The summed E-state index contributed by atoms with van der Waals surface area (Å²) in [6.07, 6.45) is 5.03. The van der Waals surface area contributed by atoms with Gasteiger partial charge in [0.2, 0.25) is 0 Å². The number of hydrogen-bond donors (Lipinski definition) is 1. The molecule has 0 fully saturated rings. The number of halogens is 2. The molecule has 0 aliphatic carbocycles. The Hall–Kier alpha value is -2.49. The third-order valence-corrected chi connectivity index (χ3v) is 4.69. The Morgan fingerprint density at radius 3 is 2.68 bits per heavy atom. The van der Waals surface area contributed by atoms with Gasteiger partial charge in [-0.3, -0.25) is 14.4 Å². The maximum Gasteiger partial charge on any atom is 0.294 e. The van der Waals surface area contributed by atoms with Crippen LogP contribution in [0.3, 0.4) is 0 Å². The topological polar surface area (TPSA) is 63.2 Å². The van der Waals surface area contributed by atoms with Gasteiger partial charge in [-0.2, -0.15) is 0 Å². The molecule has 128 valence electrons. The maximum atomic E-state index is 13.2.